The summed E-state index contributed by atoms with van der Waals surface area (Å²) in [4.78, 5) is 5.23. The van der Waals surface area contributed by atoms with Crippen LogP contribution >= 0.6 is 0 Å². The smallest absolute Gasteiger partial charge is 0.145 e. The first-order chi connectivity index (χ1) is 26.8. The van der Waals surface area contributed by atoms with Crippen molar-refractivity contribution in [2.45, 2.75) is 5.41 Å². The van der Waals surface area contributed by atoms with Crippen molar-refractivity contribution in [2.24, 2.45) is 0 Å². The van der Waals surface area contributed by atoms with Gasteiger partial charge < -0.3 is 0 Å². The second kappa shape index (κ2) is 11.0. The molecule has 250 valence electrons. The van der Waals surface area contributed by atoms with Gasteiger partial charge in [-0.2, -0.15) is 0 Å². The van der Waals surface area contributed by atoms with Crippen molar-refractivity contribution in [1.82, 2.24) is 9.55 Å². The third-order valence-electron chi connectivity index (χ3n) is 12.1. The fraction of sp³-hybridized carbons (Fsp3) is 0.0192. The van der Waals surface area contributed by atoms with Crippen LogP contribution < -0.4 is 0 Å². The highest BCUT2D eigenvalue weighted by molar-refractivity contribution is 6.18. The Hall–Kier alpha value is -7.03. The molecule has 0 radical (unpaired) electrons. The Morgan fingerprint density at radius 1 is 0.370 bits per heavy atom. The molecule has 12 rings (SSSR count). The predicted molar refractivity (Wildman–Crippen MR) is 223 cm³/mol. The second-order valence-corrected chi connectivity index (χ2v) is 14.6. The summed E-state index contributed by atoms with van der Waals surface area (Å²) in [7, 11) is 0. The van der Waals surface area contributed by atoms with E-state index in [1.807, 2.05) is 0 Å². The van der Waals surface area contributed by atoms with Gasteiger partial charge in [-0.25, -0.2) is 4.98 Å². The molecule has 0 unspecified atom stereocenters. The summed E-state index contributed by atoms with van der Waals surface area (Å²) < 4.78 is 2.37. The Bertz CT molecular complexity index is 3080. The van der Waals surface area contributed by atoms with Crippen molar-refractivity contribution in [1.29, 1.82) is 0 Å². The summed E-state index contributed by atoms with van der Waals surface area (Å²) in [6.07, 6.45) is 2.08. The van der Waals surface area contributed by atoms with Gasteiger partial charge in [-0.05, 0) is 85.5 Å². The maximum Gasteiger partial charge on any atom is 0.145 e. The Morgan fingerprint density at radius 3 is 1.74 bits per heavy atom. The summed E-state index contributed by atoms with van der Waals surface area (Å²) in [6.45, 7) is 0. The number of nitrogens with zero attached hydrogens (tertiary/aromatic N) is 2. The van der Waals surface area contributed by atoms with E-state index in [9.17, 15) is 0 Å². The molecule has 2 heteroatoms. The maximum absolute atomic E-state index is 5.23. The third kappa shape index (κ3) is 3.81. The minimum Gasteiger partial charge on any atom is -0.293 e. The first-order valence-electron chi connectivity index (χ1n) is 18.7. The molecule has 0 N–H and O–H groups in total. The van der Waals surface area contributed by atoms with Crippen LogP contribution in [0, 0.1) is 0 Å². The number of rotatable bonds is 4. The first-order valence-corrected chi connectivity index (χ1v) is 18.7. The monoisotopic (exact) mass is 684 g/mol. The SMILES string of the molecule is c1ccc(C2(c3ccccc3)c3ccccc3-c3ccc(-c4ccc5c(c4)c4ccccc4n5-c4ncc5c6c(cccc46)-c4ccccc4-5)cc32)cc1. The summed E-state index contributed by atoms with van der Waals surface area (Å²) in [6, 6.07) is 69.3. The Morgan fingerprint density at radius 2 is 0.944 bits per heavy atom. The summed E-state index contributed by atoms with van der Waals surface area (Å²) in [5.74, 6) is 0.966. The number of aromatic nitrogens is 2. The average molecular weight is 685 g/mol. The van der Waals surface area contributed by atoms with Crippen LogP contribution in [0.5, 0.6) is 0 Å². The van der Waals surface area contributed by atoms with Crippen LogP contribution in [0.4, 0.5) is 0 Å². The Kier molecular flexibility index (Phi) is 6.01. The second-order valence-electron chi connectivity index (χ2n) is 14.6. The van der Waals surface area contributed by atoms with Crippen LogP contribution in [-0.4, -0.2) is 9.55 Å². The average Bonchev–Trinajstić information content (AvgIpc) is 3.86. The van der Waals surface area contributed by atoms with Gasteiger partial charge in [0.25, 0.3) is 0 Å². The highest BCUT2D eigenvalue weighted by Crippen LogP contribution is 2.57. The maximum atomic E-state index is 5.23. The lowest BCUT2D eigenvalue weighted by atomic mass is 9.67. The number of fused-ring (bicyclic) bond motifs is 9. The zero-order valence-electron chi connectivity index (χ0n) is 29.4. The van der Waals surface area contributed by atoms with Crippen LogP contribution in [0.25, 0.3) is 82.9 Å². The molecule has 54 heavy (non-hydrogen) atoms. The van der Waals surface area contributed by atoms with E-state index in [4.69, 9.17) is 4.98 Å². The Labute approximate surface area is 313 Å². The van der Waals surface area contributed by atoms with E-state index < -0.39 is 5.41 Å². The minimum atomic E-state index is -0.439. The van der Waals surface area contributed by atoms with Crippen LogP contribution in [0.15, 0.2) is 194 Å². The lowest BCUT2D eigenvalue weighted by molar-refractivity contribution is 0.769. The van der Waals surface area contributed by atoms with E-state index in [0.29, 0.717) is 0 Å². The molecular weight excluding hydrogens is 653 g/mol. The summed E-state index contributed by atoms with van der Waals surface area (Å²) in [5.41, 5.74) is 17.1. The number of hydrogen-bond acceptors (Lipinski definition) is 1. The molecule has 0 saturated heterocycles. The fourth-order valence-electron chi connectivity index (χ4n) is 9.85. The van der Waals surface area contributed by atoms with Crippen molar-refractivity contribution in [2.75, 3.05) is 0 Å². The predicted octanol–water partition coefficient (Wildman–Crippen LogP) is 13.0. The van der Waals surface area contributed by atoms with Gasteiger partial charge in [0, 0.05) is 33.3 Å². The molecule has 0 spiro atoms. The molecule has 0 bridgehead atoms. The van der Waals surface area contributed by atoms with Crippen molar-refractivity contribution in [3.05, 3.63) is 217 Å². The van der Waals surface area contributed by atoms with Gasteiger partial charge in [0.2, 0.25) is 0 Å². The van der Waals surface area contributed by atoms with Crippen molar-refractivity contribution < 1.29 is 0 Å². The normalized spacial score (nSPS) is 13.3. The molecule has 0 saturated carbocycles. The number of pyridine rings is 1. The lowest BCUT2D eigenvalue weighted by Gasteiger charge is -2.34. The van der Waals surface area contributed by atoms with Gasteiger partial charge >= 0.3 is 0 Å². The van der Waals surface area contributed by atoms with Crippen LogP contribution in [-0.2, 0) is 5.41 Å². The fourth-order valence-corrected chi connectivity index (χ4v) is 9.85. The highest BCUT2D eigenvalue weighted by Gasteiger charge is 2.46. The molecule has 0 fully saturated rings. The molecule has 2 aliphatic carbocycles. The molecule has 2 heterocycles. The van der Waals surface area contributed by atoms with Crippen molar-refractivity contribution in [3.63, 3.8) is 0 Å². The molecule has 2 nitrogen and oxygen atoms in total. The van der Waals surface area contributed by atoms with Gasteiger partial charge in [-0.3, -0.25) is 4.57 Å². The van der Waals surface area contributed by atoms with E-state index in [2.05, 4.69) is 199 Å². The topological polar surface area (TPSA) is 17.8 Å². The van der Waals surface area contributed by atoms with Crippen molar-refractivity contribution in [3.8, 4) is 50.3 Å². The van der Waals surface area contributed by atoms with Gasteiger partial charge in [-0.15, -0.1) is 0 Å². The van der Waals surface area contributed by atoms with Crippen LogP contribution in [0.3, 0.4) is 0 Å². The molecule has 2 aromatic heterocycles. The molecule has 8 aromatic carbocycles. The quantitative estimate of drug-likeness (QED) is 0.180. The number of para-hydroxylation sites is 1. The third-order valence-corrected chi connectivity index (χ3v) is 12.1. The standard InChI is InChI=1S/C52H32N2/c1-3-14-35(15-4-1)52(36-16-5-2-6-17-36)46-24-11-9-20-39(46)40-28-26-34(31-47(40)52)33-27-29-49-44(30-33)41-21-10-12-25-48(41)54(49)51-43-23-13-22-42-37-18-7-8-19-38(37)45(32-53-51)50(42)43/h1-32H. The molecule has 0 aliphatic heterocycles. The first kappa shape index (κ1) is 29.5. The van der Waals surface area contributed by atoms with Crippen molar-refractivity contribution >= 4 is 32.6 Å². The van der Waals surface area contributed by atoms with E-state index in [-0.39, 0.29) is 0 Å². The van der Waals surface area contributed by atoms with E-state index in [1.165, 1.54) is 88.3 Å². The Balaban J connectivity index is 1.08. The van der Waals surface area contributed by atoms with E-state index in [0.717, 1.165) is 16.9 Å². The van der Waals surface area contributed by atoms with Crippen LogP contribution in [0.2, 0.25) is 0 Å². The molecule has 10 aromatic rings. The molecule has 0 amide bonds. The van der Waals surface area contributed by atoms with Gasteiger partial charge in [0.05, 0.1) is 16.4 Å². The molecule has 2 aliphatic rings. The summed E-state index contributed by atoms with van der Waals surface area (Å²) in [5, 5.41) is 4.90. The van der Waals surface area contributed by atoms with Crippen LogP contribution in [0.1, 0.15) is 22.3 Å². The van der Waals surface area contributed by atoms with E-state index in [1.54, 1.807) is 0 Å². The minimum absolute atomic E-state index is 0.439. The van der Waals surface area contributed by atoms with E-state index >= 15 is 0 Å². The van der Waals surface area contributed by atoms with Gasteiger partial charge in [-0.1, -0.05) is 164 Å². The zero-order chi connectivity index (χ0) is 35.4. The zero-order valence-corrected chi connectivity index (χ0v) is 29.4. The van der Waals surface area contributed by atoms with Gasteiger partial charge in [0.1, 0.15) is 5.82 Å². The molecular formula is C52H32N2. The lowest BCUT2D eigenvalue weighted by Crippen LogP contribution is -2.28. The highest BCUT2D eigenvalue weighted by atomic mass is 15.1. The number of hydrogen-bond donors (Lipinski definition) is 0. The van der Waals surface area contributed by atoms with Gasteiger partial charge in [0.15, 0.2) is 0 Å². The largest absolute Gasteiger partial charge is 0.293 e. The number of benzene rings is 8. The summed E-state index contributed by atoms with van der Waals surface area (Å²) >= 11 is 0. The molecule has 0 atom stereocenters.